The van der Waals surface area contributed by atoms with Gasteiger partial charge in [0.15, 0.2) is 0 Å². The molecule has 0 spiro atoms. The van der Waals surface area contributed by atoms with Crippen molar-refractivity contribution in [2.45, 2.75) is 19.3 Å². The van der Waals surface area contributed by atoms with Gasteiger partial charge in [-0.25, -0.2) is 4.79 Å². The summed E-state index contributed by atoms with van der Waals surface area (Å²) in [6.45, 7) is 2.04. The Kier molecular flexibility index (Phi) is 4.25. The van der Waals surface area contributed by atoms with Crippen molar-refractivity contribution < 1.29 is 14.3 Å². The van der Waals surface area contributed by atoms with E-state index in [0.717, 1.165) is 11.3 Å². The van der Waals surface area contributed by atoms with Gasteiger partial charge < -0.3 is 4.74 Å². The monoisotopic (exact) mass is 387 g/mol. The number of carbonyl (C=O) groups is 2. The first kappa shape index (κ1) is 17.1. The van der Waals surface area contributed by atoms with E-state index in [1.54, 1.807) is 23.1 Å². The summed E-state index contributed by atoms with van der Waals surface area (Å²) in [6.07, 6.45) is 0.102. The third-order valence-corrected chi connectivity index (χ3v) is 5.42. The fourth-order valence-corrected chi connectivity index (χ4v) is 4.20. The molecule has 2 aromatic rings. The van der Waals surface area contributed by atoms with Crippen LogP contribution in [-0.2, 0) is 14.3 Å². The van der Waals surface area contributed by atoms with Crippen LogP contribution in [0.25, 0.3) is 0 Å². The number of benzene rings is 2. The van der Waals surface area contributed by atoms with Crippen molar-refractivity contribution in [2.24, 2.45) is 0 Å². The van der Waals surface area contributed by atoms with Gasteiger partial charge in [0.05, 0.1) is 11.3 Å². The van der Waals surface area contributed by atoms with Crippen molar-refractivity contribution >= 4 is 40.8 Å². The minimum absolute atomic E-state index is 0.0619. The number of anilines is 1. The van der Waals surface area contributed by atoms with Gasteiger partial charge in [-0.1, -0.05) is 47.0 Å². The molecule has 6 heteroatoms. The molecule has 0 aliphatic carbocycles. The highest BCUT2D eigenvalue weighted by molar-refractivity contribution is 6.36. The zero-order valence-corrected chi connectivity index (χ0v) is 15.5. The molecule has 0 fully saturated rings. The maximum absolute atomic E-state index is 13.0. The molecule has 0 N–H and O–H groups in total. The van der Waals surface area contributed by atoms with Gasteiger partial charge >= 0.3 is 5.97 Å². The van der Waals surface area contributed by atoms with E-state index in [1.807, 2.05) is 31.2 Å². The Morgan fingerprint density at radius 2 is 1.69 bits per heavy atom. The van der Waals surface area contributed by atoms with E-state index in [9.17, 15) is 9.59 Å². The first-order chi connectivity index (χ1) is 12.5. The Balaban J connectivity index is 1.87. The standard InChI is InChI=1S/C20H15Cl2NO3/c1-11-5-7-12(8-6-11)23-16-10-26-20(25)19(16)13(9-17(23)24)18-14(21)3-2-4-15(18)22/h2-8,13H,9-10H2,1H3. The van der Waals surface area contributed by atoms with Gasteiger partial charge in [0.1, 0.15) is 6.61 Å². The minimum Gasteiger partial charge on any atom is -0.456 e. The lowest BCUT2D eigenvalue weighted by Gasteiger charge is -2.32. The number of hydrogen-bond acceptors (Lipinski definition) is 3. The highest BCUT2D eigenvalue weighted by Crippen LogP contribution is 2.45. The summed E-state index contributed by atoms with van der Waals surface area (Å²) >= 11 is 12.7. The van der Waals surface area contributed by atoms with Crippen LogP contribution in [0, 0.1) is 6.92 Å². The van der Waals surface area contributed by atoms with Gasteiger partial charge in [0.2, 0.25) is 5.91 Å². The summed E-state index contributed by atoms with van der Waals surface area (Å²) in [5, 5.41) is 0.872. The molecule has 2 heterocycles. The van der Waals surface area contributed by atoms with Crippen molar-refractivity contribution in [1.82, 2.24) is 0 Å². The second-order valence-corrected chi connectivity index (χ2v) is 7.21. The Hall–Kier alpha value is -2.30. The number of cyclic esters (lactones) is 1. The fourth-order valence-electron chi connectivity index (χ4n) is 3.54. The maximum Gasteiger partial charge on any atom is 0.336 e. The summed E-state index contributed by atoms with van der Waals surface area (Å²) < 4.78 is 5.26. The molecule has 2 aliphatic rings. The molecule has 0 saturated heterocycles. The third kappa shape index (κ3) is 2.70. The number of halogens is 2. The van der Waals surface area contributed by atoms with Crippen LogP contribution >= 0.6 is 23.2 Å². The van der Waals surface area contributed by atoms with Crippen LogP contribution in [0.4, 0.5) is 5.69 Å². The Labute approximate surface area is 161 Å². The Bertz CT molecular complexity index is 930. The van der Waals surface area contributed by atoms with E-state index < -0.39 is 11.9 Å². The van der Waals surface area contributed by atoms with Crippen LogP contribution in [-0.4, -0.2) is 18.5 Å². The number of nitrogens with zero attached hydrogens (tertiary/aromatic N) is 1. The van der Waals surface area contributed by atoms with E-state index in [-0.39, 0.29) is 18.9 Å². The minimum atomic E-state index is -0.504. The van der Waals surface area contributed by atoms with Crippen LogP contribution in [0.2, 0.25) is 10.0 Å². The number of rotatable bonds is 2. The molecular formula is C20H15Cl2NO3. The summed E-state index contributed by atoms with van der Waals surface area (Å²) in [7, 11) is 0. The van der Waals surface area contributed by atoms with E-state index in [2.05, 4.69) is 0 Å². The van der Waals surface area contributed by atoms with Gasteiger partial charge in [-0.05, 0) is 36.8 Å². The quantitative estimate of drug-likeness (QED) is 0.705. The van der Waals surface area contributed by atoms with E-state index in [0.29, 0.717) is 26.9 Å². The molecule has 1 amide bonds. The molecule has 26 heavy (non-hydrogen) atoms. The molecule has 2 aromatic carbocycles. The lowest BCUT2D eigenvalue weighted by molar-refractivity contribution is -0.136. The van der Waals surface area contributed by atoms with E-state index >= 15 is 0 Å². The molecule has 4 nitrogen and oxygen atoms in total. The molecule has 0 bridgehead atoms. The number of carbonyl (C=O) groups excluding carboxylic acids is 2. The van der Waals surface area contributed by atoms with Gasteiger partial charge in [-0.15, -0.1) is 0 Å². The first-order valence-electron chi connectivity index (χ1n) is 8.21. The molecule has 2 aliphatic heterocycles. The second kappa shape index (κ2) is 6.45. The van der Waals surface area contributed by atoms with Gasteiger partial charge in [0, 0.05) is 28.1 Å². The molecule has 132 valence electrons. The van der Waals surface area contributed by atoms with Crippen LogP contribution in [0.1, 0.15) is 23.5 Å². The number of ether oxygens (including phenoxy) is 1. The molecule has 0 saturated carbocycles. The SMILES string of the molecule is Cc1ccc(N2C(=O)CC(c3c(Cl)cccc3Cl)C3=C2COC3=O)cc1. The van der Waals surface area contributed by atoms with Gasteiger partial charge in [-0.3, -0.25) is 9.69 Å². The van der Waals surface area contributed by atoms with Crippen LogP contribution < -0.4 is 4.90 Å². The van der Waals surface area contributed by atoms with Gasteiger partial charge in [0.25, 0.3) is 0 Å². The Morgan fingerprint density at radius 3 is 2.35 bits per heavy atom. The van der Waals surface area contributed by atoms with Crippen LogP contribution in [0.5, 0.6) is 0 Å². The first-order valence-corrected chi connectivity index (χ1v) is 8.96. The van der Waals surface area contributed by atoms with E-state index in [1.165, 1.54) is 0 Å². The topological polar surface area (TPSA) is 46.6 Å². The number of esters is 1. The largest absolute Gasteiger partial charge is 0.456 e. The average molecular weight is 388 g/mol. The van der Waals surface area contributed by atoms with Crippen LogP contribution in [0.15, 0.2) is 53.7 Å². The highest BCUT2D eigenvalue weighted by atomic mass is 35.5. The van der Waals surface area contributed by atoms with Crippen molar-refractivity contribution in [3.63, 3.8) is 0 Å². The molecular weight excluding hydrogens is 373 g/mol. The maximum atomic E-state index is 13.0. The summed E-state index contributed by atoms with van der Waals surface area (Å²) in [5.74, 6) is -1.05. The third-order valence-electron chi connectivity index (χ3n) is 4.76. The van der Waals surface area contributed by atoms with Crippen molar-refractivity contribution in [3.05, 3.63) is 74.9 Å². The highest BCUT2D eigenvalue weighted by Gasteiger charge is 2.44. The second-order valence-electron chi connectivity index (χ2n) is 6.39. The zero-order chi connectivity index (χ0) is 18.4. The lowest BCUT2D eigenvalue weighted by Crippen LogP contribution is -2.37. The summed E-state index contributed by atoms with van der Waals surface area (Å²) in [5.41, 5.74) is 3.43. The van der Waals surface area contributed by atoms with E-state index in [4.69, 9.17) is 27.9 Å². The average Bonchev–Trinajstić information content (AvgIpc) is 2.98. The molecule has 1 atom stereocenters. The van der Waals surface area contributed by atoms with Crippen LogP contribution in [0.3, 0.4) is 0 Å². The molecule has 1 unspecified atom stereocenters. The number of hydrogen-bond donors (Lipinski definition) is 0. The summed E-state index contributed by atoms with van der Waals surface area (Å²) in [6, 6.07) is 12.7. The normalized spacial score (nSPS) is 19.7. The molecule has 0 radical (unpaired) electrons. The molecule has 4 rings (SSSR count). The zero-order valence-electron chi connectivity index (χ0n) is 14.0. The van der Waals surface area contributed by atoms with Crippen molar-refractivity contribution in [3.8, 4) is 0 Å². The summed E-state index contributed by atoms with van der Waals surface area (Å²) in [4.78, 5) is 27.0. The fraction of sp³-hybridized carbons (Fsp3) is 0.200. The van der Waals surface area contributed by atoms with Crippen molar-refractivity contribution in [1.29, 1.82) is 0 Å². The smallest absolute Gasteiger partial charge is 0.336 e. The predicted octanol–water partition coefficient (Wildman–Crippen LogP) is 4.63. The Morgan fingerprint density at radius 1 is 1.04 bits per heavy atom. The molecule has 0 aromatic heterocycles. The lowest BCUT2D eigenvalue weighted by atomic mass is 9.84. The van der Waals surface area contributed by atoms with Crippen molar-refractivity contribution in [2.75, 3.05) is 11.5 Å². The van der Waals surface area contributed by atoms with Gasteiger partial charge in [-0.2, -0.15) is 0 Å². The number of aryl methyl sites for hydroxylation is 1. The number of amides is 1. The predicted molar refractivity (Wildman–Crippen MR) is 100 cm³/mol.